The van der Waals surface area contributed by atoms with Crippen LogP contribution in [0.25, 0.3) is 11.1 Å². The zero-order chi connectivity index (χ0) is 13.0. The van der Waals surface area contributed by atoms with E-state index in [1.807, 2.05) is 37.6 Å². The molecule has 0 fully saturated rings. The molecule has 2 aromatic rings. The summed E-state index contributed by atoms with van der Waals surface area (Å²) in [5.41, 5.74) is 3.24. The number of aromatic nitrogens is 1. The van der Waals surface area contributed by atoms with E-state index in [2.05, 4.69) is 16.4 Å². The van der Waals surface area contributed by atoms with Crippen molar-refractivity contribution in [2.75, 3.05) is 14.2 Å². The highest BCUT2D eigenvalue weighted by Gasteiger charge is 2.05. The van der Waals surface area contributed by atoms with Gasteiger partial charge in [-0.15, -0.1) is 0 Å². The average molecular weight is 263 g/mol. The first kappa shape index (κ1) is 12.9. The highest BCUT2D eigenvalue weighted by molar-refractivity contribution is 6.32. The number of nitrogens with one attached hydrogen (secondary N) is 1. The van der Waals surface area contributed by atoms with Gasteiger partial charge in [0.15, 0.2) is 0 Å². The lowest BCUT2D eigenvalue weighted by Gasteiger charge is -2.08. The van der Waals surface area contributed by atoms with Crippen LogP contribution in [0, 0.1) is 0 Å². The van der Waals surface area contributed by atoms with E-state index in [-0.39, 0.29) is 0 Å². The Hall–Kier alpha value is -1.58. The summed E-state index contributed by atoms with van der Waals surface area (Å²) in [7, 11) is 3.53. The zero-order valence-electron chi connectivity index (χ0n) is 10.4. The van der Waals surface area contributed by atoms with E-state index in [1.165, 1.54) is 0 Å². The molecule has 1 aromatic carbocycles. The summed E-state index contributed by atoms with van der Waals surface area (Å²) in [5.74, 6) is 0.674. The van der Waals surface area contributed by atoms with Crippen LogP contribution in [0.1, 0.15) is 5.56 Å². The number of benzene rings is 1. The fourth-order valence-corrected chi connectivity index (χ4v) is 1.98. The largest absolute Gasteiger partial charge is 0.495 e. The molecule has 0 saturated heterocycles. The van der Waals surface area contributed by atoms with Gasteiger partial charge >= 0.3 is 0 Å². The van der Waals surface area contributed by atoms with Gasteiger partial charge in [-0.3, -0.25) is 4.98 Å². The van der Waals surface area contributed by atoms with Gasteiger partial charge in [0.2, 0.25) is 0 Å². The van der Waals surface area contributed by atoms with Crippen molar-refractivity contribution in [2.24, 2.45) is 0 Å². The van der Waals surface area contributed by atoms with E-state index in [9.17, 15) is 0 Å². The second kappa shape index (κ2) is 5.85. The standard InChI is InChI=1S/C14H15ClN2O/c1-16-7-10-5-12(9-17-8-10)11-3-4-13(15)14(6-11)18-2/h3-6,8-9,16H,7H2,1-2H3. The first-order chi connectivity index (χ1) is 8.74. The molecule has 0 aliphatic rings. The van der Waals surface area contributed by atoms with Gasteiger partial charge < -0.3 is 10.1 Å². The summed E-state index contributed by atoms with van der Waals surface area (Å²) >= 11 is 6.01. The van der Waals surface area contributed by atoms with Gasteiger partial charge in [0, 0.05) is 24.5 Å². The third kappa shape index (κ3) is 2.81. The molecule has 0 aliphatic carbocycles. The number of hydrogen-bond donors (Lipinski definition) is 1. The second-order valence-electron chi connectivity index (χ2n) is 3.96. The third-order valence-corrected chi connectivity index (χ3v) is 2.97. The molecule has 18 heavy (non-hydrogen) atoms. The molecule has 0 bridgehead atoms. The van der Waals surface area contributed by atoms with E-state index >= 15 is 0 Å². The van der Waals surface area contributed by atoms with Gasteiger partial charge in [-0.1, -0.05) is 17.7 Å². The Morgan fingerprint density at radius 3 is 2.78 bits per heavy atom. The minimum atomic E-state index is 0.612. The average Bonchev–Trinajstić information content (AvgIpc) is 2.40. The summed E-state index contributed by atoms with van der Waals surface area (Å²) in [6.07, 6.45) is 3.69. The molecule has 4 heteroatoms. The van der Waals surface area contributed by atoms with Gasteiger partial charge in [0.05, 0.1) is 12.1 Å². The third-order valence-electron chi connectivity index (χ3n) is 2.66. The van der Waals surface area contributed by atoms with Gasteiger partial charge in [-0.2, -0.15) is 0 Å². The van der Waals surface area contributed by atoms with Crippen molar-refractivity contribution in [3.05, 3.63) is 47.2 Å². The van der Waals surface area contributed by atoms with Crippen molar-refractivity contribution in [2.45, 2.75) is 6.54 Å². The molecule has 0 saturated carbocycles. The lowest BCUT2D eigenvalue weighted by atomic mass is 10.1. The Bertz CT molecular complexity index is 543. The van der Waals surface area contributed by atoms with Gasteiger partial charge in [0.25, 0.3) is 0 Å². The molecule has 0 radical (unpaired) electrons. The SMILES string of the molecule is CNCc1cncc(-c2ccc(Cl)c(OC)c2)c1. The van der Waals surface area contributed by atoms with Crippen molar-refractivity contribution in [1.29, 1.82) is 0 Å². The van der Waals surface area contributed by atoms with E-state index in [4.69, 9.17) is 16.3 Å². The predicted octanol–water partition coefficient (Wildman–Crippen LogP) is 3.13. The minimum absolute atomic E-state index is 0.612. The highest BCUT2D eigenvalue weighted by Crippen LogP contribution is 2.30. The Balaban J connectivity index is 2.38. The molecule has 0 atom stereocenters. The number of ether oxygens (including phenoxy) is 1. The molecule has 3 nitrogen and oxygen atoms in total. The molecule has 0 unspecified atom stereocenters. The Morgan fingerprint density at radius 2 is 2.06 bits per heavy atom. The van der Waals surface area contributed by atoms with Crippen LogP contribution in [-0.4, -0.2) is 19.1 Å². The van der Waals surface area contributed by atoms with Crippen molar-refractivity contribution in [3.63, 3.8) is 0 Å². The summed E-state index contributed by atoms with van der Waals surface area (Å²) in [6, 6.07) is 7.82. The summed E-state index contributed by atoms with van der Waals surface area (Å²) < 4.78 is 5.22. The fourth-order valence-electron chi connectivity index (χ4n) is 1.79. The lowest BCUT2D eigenvalue weighted by molar-refractivity contribution is 0.415. The van der Waals surface area contributed by atoms with Crippen LogP contribution in [0.2, 0.25) is 5.02 Å². The maximum atomic E-state index is 6.01. The Labute approximate surface area is 112 Å². The van der Waals surface area contributed by atoms with Crippen LogP contribution in [0.4, 0.5) is 0 Å². The molecular formula is C14H15ClN2O. The summed E-state index contributed by atoms with van der Waals surface area (Å²) in [6.45, 7) is 0.797. The van der Waals surface area contributed by atoms with Gasteiger partial charge in [-0.05, 0) is 36.4 Å². The van der Waals surface area contributed by atoms with Crippen LogP contribution >= 0.6 is 11.6 Å². The zero-order valence-corrected chi connectivity index (χ0v) is 11.2. The monoisotopic (exact) mass is 262 g/mol. The van der Waals surface area contributed by atoms with Gasteiger partial charge in [0.1, 0.15) is 5.75 Å². The maximum Gasteiger partial charge on any atom is 0.138 e. The Kier molecular flexibility index (Phi) is 4.18. The number of pyridine rings is 1. The maximum absolute atomic E-state index is 6.01. The van der Waals surface area contributed by atoms with E-state index in [0.29, 0.717) is 10.8 Å². The van der Waals surface area contributed by atoms with Gasteiger partial charge in [-0.25, -0.2) is 0 Å². The minimum Gasteiger partial charge on any atom is -0.495 e. The van der Waals surface area contributed by atoms with Crippen molar-refractivity contribution < 1.29 is 4.74 Å². The normalized spacial score (nSPS) is 10.4. The number of nitrogens with zero attached hydrogens (tertiary/aromatic N) is 1. The smallest absolute Gasteiger partial charge is 0.138 e. The Morgan fingerprint density at radius 1 is 1.22 bits per heavy atom. The molecule has 0 aliphatic heterocycles. The van der Waals surface area contributed by atoms with Crippen LogP contribution in [0.15, 0.2) is 36.7 Å². The quantitative estimate of drug-likeness (QED) is 0.919. The molecule has 1 N–H and O–H groups in total. The first-order valence-corrected chi connectivity index (χ1v) is 6.05. The van der Waals surface area contributed by atoms with Crippen LogP contribution in [0.3, 0.4) is 0 Å². The van der Waals surface area contributed by atoms with E-state index in [0.717, 1.165) is 23.2 Å². The second-order valence-corrected chi connectivity index (χ2v) is 4.37. The van der Waals surface area contributed by atoms with E-state index in [1.54, 1.807) is 7.11 Å². The first-order valence-electron chi connectivity index (χ1n) is 5.67. The van der Waals surface area contributed by atoms with Crippen molar-refractivity contribution >= 4 is 11.6 Å². The predicted molar refractivity (Wildman–Crippen MR) is 74.0 cm³/mol. The van der Waals surface area contributed by atoms with Crippen molar-refractivity contribution in [1.82, 2.24) is 10.3 Å². The van der Waals surface area contributed by atoms with Crippen molar-refractivity contribution in [3.8, 4) is 16.9 Å². The number of hydrogen-bond acceptors (Lipinski definition) is 3. The number of rotatable bonds is 4. The molecule has 0 amide bonds. The van der Waals surface area contributed by atoms with Crippen LogP contribution < -0.4 is 10.1 Å². The molecule has 2 rings (SSSR count). The number of methoxy groups -OCH3 is 1. The molecule has 1 aromatic heterocycles. The van der Waals surface area contributed by atoms with Crippen LogP contribution in [0.5, 0.6) is 5.75 Å². The fraction of sp³-hybridized carbons (Fsp3) is 0.214. The summed E-state index contributed by atoms with van der Waals surface area (Å²) in [4.78, 5) is 4.24. The molecule has 94 valence electrons. The molecule has 1 heterocycles. The molecular weight excluding hydrogens is 248 g/mol. The summed E-state index contributed by atoms with van der Waals surface area (Å²) in [5, 5.41) is 3.72. The number of halogens is 1. The molecule has 0 spiro atoms. The van der Waals surface area contributed by atoms with E-state index < -0.39 is 0 Å². The van der Waals surface area contributed by atoms with Crippen LogP contribution in [-0.2, 0) is 6.54 Å². The highest BCUT2D eigenvalue weighted by atomic mass is 35.5. The lowest BCUT2D eigenvalue weighted by Crippen LogP contribution is -2.05. The topological polar surface area (TPSA) is 34.2 Å².